The highest BCUT2D eigenvalue weighted by Gasteiger charge is 2.38. The van der Waals surface area contributed by atoms with Crippen molar-refractivity contribution in [3.63, 3.8) is 0 Å². The highest BCUT2D eigenvalue weighted by Crippen LogP contribution is 2.35. The Bertz CT molecular complexity index is 772. The summed E-state index contributed by atoms with van der Waals surface area (Å²) in [4.78, 5) is 12.8. The van der Waals surface area contributed by atoms with Crippen molar-refractivity contribution in [1.29, 1.82) is 0 Å². The van der Waals surface area contributed by atoms with Crippen LogP contribution in [0.1, 0.15) is 62.9 Å². The summed E-state index contributed by atoms with van der Waals surface area (Å²) >= 11 is 0. The summed E-state index contributed by atoms with van der Waals surface area (Å²) in [5.74, 6) is 2.18. The van der Waals surface area contributed by atoms with E-state index in [2.05, 4.69) is 39.9 Å². The first kappa shape index (κ1) is 19.6. The molecule has 1 fully saturated rings. The fourth-order valence-electron chi connectivity index (χ4n) is 4.51. The zero-order chi connectivity index (χ0) is 19.7. The third-order valence-corrected chi connectivity index (χ3v) is 5.18. The number of rotatable bonds is 5. The molecule has 1 N–H and O–H groups in total. The van der Waals surface area contributed by atoms with Gasteiger partial charge in [0.05, 0.1) is 0 Å². The summed E-state index contributed by atoms with van der Waals surface area (Å²) in [6, 6.07) is 15.5. The van der Waals surface area contributed by atoms with Gasteiger partial charge in [0.2, 0.25) is 0 Å². The average Bonchev–Trinajstić information content (AvgIpc) is 2.54. The van der Waals surface area contributed by atoms with Crippen LogP contribution in [-0.4, -0.2) is 16.9 Å². The molecule has 2 aromatic carbocycles. The summed E-state index contributed by atoms with van der Waals surface area (Å²) < 4.78 is 5.85. The summed E-state index contributed by atoms with van der Waals surface area (Å²) in [7, 11) is 0. The predicted octanol–water partition coefficient (Wildman–Crippen LogP) is 5.92. The van der Waals surface area contributed by atoms with Gasteiger partial charge in [-0.15, -0.1) is 0 Å². The molecule has 0 atom stereocenters. The van der Waals surface area contributed by atoms with Crippen LogP contribution >= 0.6 is 0 Å². The molecule has 1 heterocycles. The van der Waals surface area contributed by atoms with Crippen molar-refractivity contribution in [1.82, 2.24) is 5.32 Å². The lowest BCUT2D eigenvalue weighted by molar-refractivity contribution is 0.0864. The smallest absolute Gasteiger partial charge is 0.163 e. The summed E-state index contributed by atoms with van der Waals surface area (Å²) in [5, 5.41) is 3.68. The molecule has 3 rings (SSSR count). The van der Waals surface area contributed by atoms with Gasteiger partial charge in [0.15, 0.2) is 5.78 Å². The second kappa shape index (κ2) is 7.47. The molecule has 1 aliphatic rings. The Hall–Kier alpha value is -2.13. The van der Waals surface area contributed by atoms with Crippen molar-refractivity contribution in [3.05, 3.63) is 59.7 Å². The van der Waals surface area contributed by atoms with Gasteiger partial charge in [-0.3, -0.25) is 4.79 Å². The van der Waals surface area contributed by atoms with Crippen molar-refractivity contribution < 1.29 is 9.53 Å². The van der Waals surface area contributed by atoms with Crippen molar-refractivity contribution in [2.24, 2.45) is 5.92 Å². The van der Waals surface area contributed by atoms with Crippen molar-refractivity contribution in [2.75, 3.05) is 0 Å². The average molecular weight is 366 g/mol. The van der Waals surface area contributed by atoms with E-state index in [-0.39, 0.29) is 16.9 Å². The van der Waals surface area contributed by atoms with Gasteiger partial charge in [-0.25, -0.2) is 0 Å². The van der Waals surface area contributed by atoms with Gasteiger partial charge >= 0.3 is 0 Å². The molecule has 3 heteroatoms. The third-order valence-electron chi connectivity index (χ3n) is 5.18. The Morgan fingerprint density at radius 3 is 1.93 bits per heavy atom. The van der Waals surface area contributed by atoms with E-state index in [1.807, 2.05) is 48.5 Å². The van der Waals surface area contributed by atoms with Gasteiger partial charge in [0.25, 0.3) is 0 Å². The largest absolute Gasteiger partial charge is 0.457 e. The number of ether oxygens (including phenoxy) is 1. The monoisotopic (exact) mass is 365 g/mol. The minimum absolute atomic E-state index is 0.0679. The van der Waals surface area contributed by atoms with E-state index in [0.717, 1.165) is 29.9 Å². The first-order valence-corrected chi connectivity index (χ1v) is 9.79. The zero-order valence-electron chi connectivity index (χ0n) is 17.1. The molecular formula is C24H31NO2. The molecule has 0 saturated carbocycles. The highest BCUT2D eigenvalue weighted by atomic mass is 16.5. The van der Waals surface area contributed by atoms with E-state index < -0.39 is 0 Å². The molecule has 0 amide bonds. The summed E-state index contributed by atoms with van der Waals surface area (Å²) in [6.45, 7) is 10.9. The van der Waals surface area contributed by atoms with E-state index in [9.17, 15) is 4.79 Å². The fourth-order valence-corrected chi connectivity index (χ4v) is 4.51. The van der Waals surface area contributed by atoms with Crippen LogP contribution in [0, 0.1) is 12.8 Å². The van der Waals surface area contributed by atoms with E-state index in [1.165, 1.54) is 5.56 Å². The molecule has 2 aromatic rings. The van der Waals surface area contributed by atoms with Crippen LogP contribution in [0.5, 0.6) is 11.5 Å². The lowest BCUT2D eigenvalue weighted by Gasteiger charge is -2.46. The Labute approximate surface area is 163 Å². The number of hydrogen-bond acceptors (Lipinski definition) is 3. The number of Topliss-reactive ketones (excluding diaryl/α,β-unsaturated/α-hetero) is 1. The Kier molecular flexibility index (Phi) is 5.43. The van der Waals surface area contributed by atoms with Gasteiger partial charge < -0.3 is 10.1 Å². The SMILES string of the molecule is Cc1ccc(Oc2ccc(C(=O)CC3CC(C)(C)NC(C)(C)C3)cc2)cc1. The van der Waals surface area contributed by atoms with Crippen molar-refractivity contribution in [2.45, 2.75) is 65.0 Å². The first-order chi connectivity index (χ1) is 12.6. The number of benzene rings is 2. The maximum atomic E-state index is 12.8. The van der Waals surface area contributed by atoms with Gasteiger partial charge in [-0.2, -0.15) is 0 Å². The highest BCUT2D eigenvalue weighted by molar-refractivity contribution is 5.96. The van der Waals surface area contributed by atoms with Crippen LogP contribution in [0.2, 0.25) is 0 Å². The molecule has 1 aliphatic heterocycles. The molecule has 0 spiro atoms. The summed E-state index contributed by atoms with van der Waals surface area (Å²) in [6.07, 6.45) is 2.65. The fraction of sp³-hybridized carbons (Fsp3) is 0.458. The molecule has 3 nitrogen and oxygen atoms in total. The van der Waals surface area contributed by atoms with Gasteiger partial charge in [-0.05, 0) is 89.8 Å². The number of aryl methyl sites for hydroxylation is 1. The van der Waals surface area contributed by atoms with Crippen LogP contribution in [0.4, 0.5) is 0 Å². The molecule has 0 aromatic heterocycles. The minimum Gasteiger partial charge on any atom is -0.457 e. The third kappa shape index (κ3) is 5.43. The van der Waals surface area contributed by atoms with Crippen LogP contribution in [-0.2, 0) is 0 Å². The van der Waals surface area contributed by atoms with Crippen LogP contribution in [0.25, 0.3) is 0 Å². The Balaban J connectivity index is 1.63. The number of ketones is 1. The van der Waals surface area contributed by atoms with Gasteiger partial charge in [-0.1, -0.05) is 17.7 Å². The van der Waals surface area contributed by atoms with Crippen LogP contribution in [0.3, 0.4) is 0 Å². The number of hydrogen-bond donors (Lipinski definition) is 1. The van der Waals surface area contributed by atoms with Crippen LogP contribution < -0.4 is 10.1 Å². The molecule has 144 valence electrons. The lowest BCUT2D eigenvalue weighted by atomic mass is 9.74. The van der Waals surface area contributed by atoms with E-state index in [1.54, 1.807) is 0 Å². The first-order valence-electron chi connectivity index (χ1n) is 9.79. The topological polar surface area (TPSA) is 38.3 Å². The molecule has 1 saturated heterocycles. The molecular weight excluding hydrogens is 334 g/mol. The number of carbonyl (C=O) groups is 1. The molecule has 0 aliphatic carbocycles. The number of piperidine rings is 1. The second-order valence-corrected chi connectivity index (χ2v) is 9.23. The van der Waals surface area contributed by atoms with Crippen molar-refractivity contribution >= 4 is 5.78 Å². The maximum absolute atomic E-state index is 12.8. The normalized spacial score (nSPS) is 18.9. The van der Waals surface area contributed by atoms with E-state index >= 15 is 0 Å². The van der Waals surface area contributed by atoms with Gasteiger partial charge in [0, 0.05) is 23.1 Å². The Morgan fingerprint density at radius 2 is 1.41 bits per heavy atom. The van der Waals surface area contributed by atoms with E-state index in [0.29, 0.717) is 12.3 Å². The molecule has 0 radical (unpaired) electrons. The van der Waals surface area contributed by atoms with Gasteiger partial charge in [0.1, 0.15) is 11.5 Å². The van der Waals surface area contributed by atoms with Crippen LogP contribution in [0.15, 0.2) is 48.5 Å². The standard InChI is InChI=1S/C24H31NO2/c1-17-6-10-20(11-7-17)27-21-12-8-19(9-13-21)22(26)14-18-15-23(2,3)25-24(4,5)16-18/h6-13,18,25H,14-16H2,1-5H3. The quantitative estimate of drug-likeness (QED) is 0.669. The molecule has 0 bridgehead atoms. The molecule has 27 heavy (non-hydrogen) atoms. The Morgan fingerprint density at radius 1 is 0.926 bits per heavy atom. The predicted molar refractivity (Wildman–Crippen MR) is 111 cm³/mol. The van der Waals surface area contributed by atoms with Crippen molar-refractivity contribution in [3.8, 4) is 11.5 Å². The maximum Gasteiger partial charge on any atom is 0.163 e. The summed E-state index contributed by atoms with van der Waals surface area (Å²) in [5.41, 5.74) is 2.10. The molecule has 0 unspecified atom stereocenters. The second-order valence-electron chi connectivity index (χ2n) is 9.23. The lowest BCUT2D eigenvalue weighted by Crippen LogP contribution is -2.57. The van der Waals surface area contributed by atoms with E-state index in [4.69, 9.17) is 4.74 Å². The number of carbonyl (C=O) groups excluding carboxylic acids is 1. The zero-order valence-corrected chi connectivity index (χ0v) is 17.1. The minimum atomic E-state index is 0.0679. The number of nitrogens with one attached hydrogen (secondary N) is 1.